The number of carbonyl (C=O) groups excluding carboxylic acids is 2. The summed E-state index contributed by atoms with van der Waals surface area (Å²) in [5.74, 6) is -0.242. The van der Waals surface area contributed by atoms with Gasteiger partial charge < -0.3 is 16.0 Å². The van der Waals surface area contributed by atoms with Crippen molar-refractivity contribution < 1.29 is 9.59 Å². The third-order valence-corrected chi connectivity index (χ3v) is 5.68. The topological polar surface area (TPSA) is 78.7 Å². The van der Waals surface area contributed by atoms with Gasteiger partial charge in [-0.3, -0.25) is 9.69 Å². The van der Waals surface area contributed by atoms with Gasteiger partial charge in [0.05, 0.1) is 0 Å². The molecule has 136 valence electrons. The van der Waals surface area contributed by atoms with Crippen molar-refractivity contribution in [2.45, 2.75) is 44.6 Å². The predicted octanol–water partition coefficient (Wildman–Crippen LogP) is 2.33. The molecule has 2 saturated heterocycles. The number of benzene rings is 1. The second kappa shape index (κ2) is 7.44. The van der Waals surface area contributed by atoms with E-state index in [-0.39, 0.29) is 11.9 Å². The first-order valence-electron chi connectivity index (χ1n) is 9.19. The molecule has 2 fully saturated rings. The minimum atomic E-state index is -0.583. The number of para-hydroxylation sites is 1. The SMILES string of the molecule is Cc1ccccc1NC(=O)N1CCC(C(N)=O)(N2CCCCC2)CC1. The van der Waals surface area contributed by atoms with Gasteiger partial charge in [-0.25, -0.2) is 4.79 Å². The first-order valence-corrected chi connectivity index (χ1v) is 9.19. The summed E-state index contributed by atoms with van der Waals surface area (Å²) < 4.78 is 0. The maximum atomic E-state index is 12.6. The molecule has 3 amide bonds. The van der Waals surface area contributed by atoms with Crippen LogP contribution >= 0.6 is 0 Å². The Labute approximate surface area is 149 Å². The van der Waals surface area contributed by atoms with E-state index in [2.05, 4.69) is 10.2 Å². The van der Waals surface area contributed by atoms with E-state index in [9.17, 15) is 9.59 Å². The molecule has 3 rings (SSSR count). The van der Waals surface area contributed by atoms with Gasteiger partial charge in [0.15, 0.2) is 0 Å². The van der Waals surface area contributed by atoms with Crippen molar-refractivity contribution in [3.8, 4) is 0 Å². The van der Waals surface area contributed by atoms with Crippen LogP contribution in [0.3, 0.4) is 0 Å². The van der Waals surface area contributed by atoms with Crippen LogP contribution in [-0.4, -0.2) is 53.5 Å². The van der Waals surface area contributed by atoms with Gasteiger partial charge in [-0.1, -0.05) is 24.6 Å². The van der Waals surface area contributed by atoms with Crippen LogP contribution in [0.2, 0.25) is 0 Å². The second-order valence-electron chi connectivity index (χ2n) is 7.18. The van der Waals surface area contributed by atoms with Crippen molar-refractivity contribution in [3.05, 3.63) is 29.8 Å². The summed E-state index contributed by atoms with van der Waals surface area (Å²) in [5, 5.41) is 2.97. The molecule has 6 nitrogen and oxygen atoms in total. The zero-order chi connectivity index (χ0) is 17.9. The lowest BCUT2D eigenvalue weighted by Gasteiger charge is -2.48. The molecule has 0 radical (unpaired) electrons. The molecule has 2 heterocycles. The zero-order valence-corrected chi connectivity index (χ0v) is 15.0. The van der Waals surface area contributed by atoms with Crippen molar-refractivity contribution in [3.63, 3.8) is 0 Å². The average Bonchev–Trinajstić information content (AvgIpc) is 2.64. The van der Waals surface area contributed by atoms with Crippen molar-refractivity contribution in [1.82, 2.24) is 9.80 Å². The molecule has 6 heteroatoms. The van der Waals surface area contributed by atoms with Crippen LogP contribution in [0, 0.1) is 6.92 Å². The fourth-order valence-electron chi connectivity index (χ4n) is 4.03. The van der Waals surface area contributed by atoms with E-state index in [0.717, 1.165) is 37.2 Å². The number of primary amides is 1. The Hall–Kier alpha value is -2.08. The lowest BCUT2D eigenvalue weighted by atomic mass is 9.83. The van der Waals surface area contributed by atoms with E-state index in [1.807, 2.05) is 31.2 Å². The first-order chi connectivity index (χ1) is 12.0. The monoisotopic (exact) mass is 344 g/mol. The van der Waals surface area contributed by atoms with Crippen molar-refractivity contribution in [2.24, 2.45) is 5.73 Å². The second-order valence-corrected chi connectivity index (χ2v) is 7.18. The molecule has 2 aliphatic heterocycles. The standard InChI is InChI=1S/C19H28N4O2/c1-15-7-3-4-8-16(15)21-18(25)22-13-9-19(10-14-22,17(20)24)23-11-5-2-6-12-23/h3-4,7-8H,2,5-6,9-14H2,1H3,(H2,20,24)(H,21,25). The molecule has 0 aromatic heterocycles. The average molecular weight is 344 g/mol. The maximum absolute atomic E-state index is 12.6. The minimum Gasteiger partial charge on any atom is -0.368 e. The molecule has 1 aromatic carbocycles. The van der Waals surface area contributed by atoms with Gasteiger partial charge in [-0.2, -0.15) is 0 Å². The highest BCUT2D eigenvalue weighted by Crippen LogP contribution is 2.31. The summed E-state index contributed by atoms with van der Waals surface area (Å²) in [6.07, 6.45) is 4.68. The van der Waals surface area contributed by atoms with Crippen LogP contribution in [0.4, 0.5) is 10.5 Å². The third-order valence-electron chi connectivity index (χ3n) is 5.68. The summed E-state index contributed by atoms with van der Waals surface area (Å²) in [6.45, 7) is 4.94. The van der Waals surface area contributed by atoms with Gasteiger partial charge in [0, 0.05) is 18.8 Å². The number of nitrogens with one attached hydrogen (secondary N) is 1. The number of hydrogen-bond donors (Lipinski definition) is 2. The summed E-state index contributed by atoms with van der Waals surface area (Å²) in [4.78, 5) is 28.9. The lowest BCUT2D eigenvalue weighted by Crippen LogP contribution is -2.64. The Morgan fingerprint density at radius 2 is 1.68 bits per heavy atom. The quantitative estimate of drug-likeness (QED) is 0.883. The number of piperidine rings is 2. The number of likely N-dealkylation sites (tertiary alicyclic amines) is 2. The number of rotatable bonds is 3. The van der Waals surface area contributed by atoms with Crippen molar-refractivity contribution in [1.29, 1.82) is 0 Å². The number of nitrogens with two attached hydrogens (primary N) is 1. The molecule has 25 heavy (non-hydrogen) atoms. The molecule has 0 spiro atoms. The molecule has 0 unspecified atom stereocenters. The van der Waals surface area contributed by atoms with E-state index in [0.29, 0.717) is 25.9 Å². The van der Waals surface area contributed by atoms with Crippen LogP contribution in [0.5, 0.6) is 0 Å². The molecule has 1 aromatic rings. The summed E-state index contributed by atoms with van der Waals surface area (Å²) in [7, 11) is 0. The Morgan fingerprint density at radius 1 is 1.04 bits per heavy atom. The van der Waals surface area contributed by atoms with Crippen LogP contribution in [-0.2, 0) is 4.79 Å². The van der Waals surface area contributed by atoms with Crippen LogP contribution in [0.15, 0.2) is 24.3 Å². The highest BCUT2D eigenvalue weighted by atomic mass is 16.2. The van der Waals surface area contributed by atoms with Crippen LogP contribution in [0.1, 0.15) is 37.7 Å². The molecule has 0 aliphatic carbocycles. The largest absolute Gasteiger partial charge is 0.368 e. The smallest absolute Gasteiger partial charge is 0.321 e. The number of hydrogen-bond acceptors (Lipinski definition) is 3. The molecular weight excluding hydrogens is 316 g/mol. The maximum Gasteiger partial charge on any atom is 0.321 e. The Bertz CT molecular complexity index is 632. The van der Waals surface area contributed by atoms with Gasteiger partial charge in [0.2, 0.25) is 5.91 Å². The zero-order valence-electron chi connectivity index (χ0n) is 15.0. The predicted molar refractivity (Wildman–Crippen MR) is 98.4 cm³/mol. The molecule has 3 N–H and O–H groups in total. The molecule has 0 atom stereocenters. The summed E-state index contributed by atoms with van der Waals surface area (Å²) in [6, 6.07) is 7.63. The Balaban J connectivity index is 1.64. The normalized spacial score (nSPS) is 20.9. The number of amides is 3. The third kappa shape index (κ3) is 3.63. The van der Waals surface area contributed by atoms with Crippen molar-refractivity contribution >= 4 is 17.6 Å². The van der Waals surface area contributed by atoms with E-state index in [1.165, 1.54) is 6.42 Å². The van der Waals surface area contributed by atoms with Crippen molar-refractivity contribution in [2.75, 3.05) is 31.5 Å². The summed E-state index contributed by atoms with van der Waals surface area (Å²) in [5.41, 5.74) is 7.08. The van der Waals surface area contributed by atoms with Gasteiger partial charge in [0.25, 0.3) is 0 Å². The van der Waals surface area contributed by atoms with E-state index in [1.54, 1.807) is 4.90 Å². The highest BCUT2D eigenvalue weighted by molar-refractivity contribution is 5.91. The fourth-order valence-corrected chi connectivity index (χ4v) is 4.03. The fraction of sp³-hybridized carbons (Fsp3) is 0.579. The Kier molecular flexibility index (Phi) is 5.27. The lowest BCUT2D eigenvalue weighted by molar-refractivity contribution is -0.134. The first kappa shape index (κ1) is 17.7. The van der Waals surface area contributed by atoms with Gasteiger partial charge in [0.1, 0.15) is 5.54 Å². The molecule has 0 bridgehead atoms. The van der Waals surface area contributed by atoms with Gasteiger partial charge in [-0.15, -0.1) is 0 Å². The number of aryl methyl sites for hydroxylation is 1. The molecule has 0 saturated carbocycles. The number of carbonyl (C=O) groups is 2. The number of nitrogens with zero attached hydrogens (tertiary/aromatic N) is 2. The van der Waals surface area contributed by atoms with E-state index >= 15 is 0 Å². The minimum absolute atomic E-state index is 0.106. The van der Waals surface area contributed by atoms with Crippen LogP contribution in [0.25, 0.3) is 0 Å². The number of anilines is 1. The van der Waals surface area contributed by atoms with Gasteiger partial charge >= 0.3 is 6.03 Å². The molecular formula is C19H28N4O2. The molecule has 2 aliphatic rings. The van der Waals surface area contributed by atoms with E-state index < -0.39 is 5.54 Å². The van der Waals surface area contributed by atoms with E-state index in [4.69, 9.17) is 5.73 Å². The summed E-state index contributed by atoms with van der Waals surface area (Å²) >= 11 is 0. The van der Waals surface area contributed by atoms with Gasteiger partial charge in [-0.05, 0) is 57.3 Å². The highest BCUT2D eigenvalue weighted by Gasteiger charge is 2.45. The Morgan fingerprint density at radius 3 is 2.28 bits per heavy atom. The van der Waals surface area contributed by atoms with Crippen LogP contribution < -0.4 is 11.1 Å². The number of urea groups is 1.